The van der Waals surface area contributed by atoms with Gasteiger partial charge in [0.25, 0.3) is 5.91 Å². The Hall–Kier alpha value is -4.41. The number of fused-ring (bicyclic) bond motifs is 1. The number of aliphatic carboxylic acids is 1. The summed E-state index contributed by atoms with van der Waals surface area (Å²) in [6, 6.07) is 10.3. The van der Waals surface area contributed by atoms with Gasteiger partial charge in [0.05, 0.1) is 36.3 Å². The van der Waals surface area contributed by atoms with Gasteiger partial charge in [0.2, 0.25) is 5.95 Å². The summed E-state index contributed by atoms with van der Waals surface area (Å²) >= 11 is 0. The summed E-state index contributed by atoms with van der Waals surface area (Å²) in [5.41, 5.74) is 1.06. The maximum atomic E-state index is 14.0. The summed E-state index contributed by atoms with van der Waals surface area (Å²) in [6.45, 7) is 2.13. The van der Waals surface area contributed by atoms with Crippen molar-refractivity contribution in [2.24, 2.45) is 0 Å². The Labute approximate surface area is 282 Å². The first-order chi connectivity index (χ1) is 23.4. The molecule has 50 heavy (non-hydrogen) atoms. The van der Waals surface area contributed by atoms with Crippen molar-refractivity contribution >= 4 is 42.6 Å². The van der Waals surface area contributed by atoms with Gasteiger partial charge in [-0.2, -0.15) is 31.3 Å². The number of benzene rings is 2. The van der Waals surface area contributed by atoms with E-state index in [0.29, 0.717) is 49.9 Å². The Morgan fingerprint density at radius 1 is 1.04 bits per heavy atom. The molecule has 1 aliphatic carbocycles. The van der Waals surface area contributed by atoms with Crippen molar-refractivity contribution in [3.63, 3.8) is 0 Å². The number of hydrogen-bond donors (Lipinski definition) is 4. The molecule has 1 fully saturated rings. The van der Waals surface area contributed by atoms with Crippen LogP contribution >= 0.6 is 7.60 Å². The molecule has 1 aromatic heterocycles. The van der Waals surface area contributed by atoms with Crippen LogP contribution < -0.4 is 15.4 Å². The van der Waals surface area contributed by atoms with Crippen LogP contribution in [0.15, 0.2) is 42.6 Å². The van der Waals surface area contributed by atoms with Gasteiger partial charge in [-0.15, -0.1) is 0 Å². The molecule has 3 aromatic rings. The van der Waals surface area contributed by atoms with E-state index in [9.17, 15) is 40.6 Å². The number of ether oxygens (including phenoxy) is 1. The molecular weight excluding hydrogens is 699 g/mol. The van der Waals surface area contributed by atoms with Gasteiger partial charge in [0.15, 0.2) is 0 Å². The second kappa shape index (κ2) is 15.2. The number of carbonyl (C=O) groups excluding carboxylic acids is 1. The fourth-order valence-electron chi connectivity index (χ4n) is 5.81. The number of aromatic nitrogens is 2. The molecule has 1 amide bonds. The van der Waals surface area contributed by atoms with E-state index in [1.807, 2.05) is 6.07 Å². The molecule has 0 saturated heterocycles. The molecule has 12 nitrogen and oxygen atoms in total. The molecule has 2 heterocycles. The van der Waals surface area contributed by atoms with Crippen LogP contribution in [0.2, 0.25) is 0 Å². The van der Waals surface area contributed by atoms with E-state index >= 15 is 0 Å². The molecule has 1 aliphatic heterocycles. The van der Waals surface area contributed by atoms with Crippen LogP contribution in [0.3, 0.4) is 0 Å². The van der Waals surface area contributed by atoms with E-state index in [0.717, 1.165) is 11.1 Å². The number of halogens is 6. The Morgan fingerprint density at radius 2 is 1.68 bits per heavy atom. The molecule has 2 aliphatic rings. The Morgan fingerprint density at radius 3 is 2.26 bits per heavy atom. The summed E-state index contributed by atoms with van der Waals surface area (Å²) in [6.07, 6.45) is -6.91. The van der Waals surface area contributed by atoms with Gasteiger partial charge in [-0.05, 0) is 67.9 Å². The largest absolute Gasteiger partial charge is 0.495 e. The summed E-state index contributed by atoms with van der Waals surface area (Å²) in [5, 5.41) is 12.8. The quantitative estimate of drug-likeness (QED) is 0.128. The number of methoxy groups -OCH3 is 1. The number of carboxylic acids is 1. The SMILES string of the molecule is CCOP(=O)(O)C1CCC(c2ccc(Nc3nc(Nc4ccccc4OC)ncc3C(F)(F)F)c3c2CN(C)C3=O)CC1.O=C(O)C(F)(F)F. The Balaban J connectivity index is 0.000000727. The Kier molecular flexibility index (Phi) is 11.7. The molecule has 5 rings (SSSR count). The molecular formula is C31H34F6N5O7P. The maximum absolute atomic E-state index is 14.0. The van der Waals surface area contributed by atoms with Gasteiger partial charge in [-0.1, -0.05) is 18.2 Å². The summed E-state index contributed by atoms with van der Waals surface area (Å²) in [4.78, 5) is 42.0. The normalized spacial score (nSPS) is 18.8. The zero-order valence-corrected chi connectivity index (χ0v) is 27.8. The van der Waals surface area contributed by atoms with E-state index in [2.05, 4.69) is 20.6 Å². The van der Waals surface area contributed by atoms with Gasteiger partial charge < -0.3 is 34.8 Å². The van der Waals surface area contributed by atoms with E-state index in [4.69, 9.17) is 19.2 Å². The summed E-state index contributed by atoms with van der Waals surface area (Å²) < 4.78 is 96.8. The average molecular weight is 734 g/mol. The van der Waals surface area contributed by atoms with Gasteiger partial charge in [-0.3, -0.25) is 9.36 Å². The van der Waals surface area contributed by atoms with Crippen LogP contribution in [0, 0.1) is 0 Å². The fraction of sp³-hybridized carbons (Fsp3) is 0.419. The molecule has 272 valence electrons. The molecule has 2 aromatic carbocycles. The van der Waals surface area contributed by atoms with Crippen molar-refractivity contribution in [3.8, 4) is 5.75 Å². The predicted molar refractivity (Wildman–Crippen MR) is 169 cm³/mol. The van der Waals surface area contributed by atoms with Crippen LogP contribution in [0.4, 0.5) is 49.5 Å². The van der Waals surface area contributed by atoms with Gasteiger partial charge in [0.1, 0.15) is 17.1 Å². The third kappa shape index (κ3) is 8.84. The highest BCUT2D eigenvalue weighted by Gasteiger charge is 2.40. The second-order valence-electron chi connectivity index (χ2n) is 11.4. The fourth-order valence-corrected chi connectivity index (χ4v) is 7.34. The zero-order valence-electron chi connectivity index (χ0n) is 26.9. The van der Waals surface area contributed by atoms with Crippen molar-refractivity contribution in [1.29, 1.82) is 0 Å². The minimum atomic E-state index is -5.08. The highest BCUT2D eigenvalue weighted by atomic mass is 31.2. The van der Waals surface area contributed by atoms with Gasteiger partial charge in [0, 0.05) is 19.8 Å². The first kappa shape index (κ1) is 38.4. The molecule has 19 heteroatoms. The first-order valence-electron chi connectivity index (χ1n) is 15.2. The molecule has 4 N–H and O–H groups in total. The van der Waals surface area contributed by atoms with E-state index in [1.54, 1.807) is 44.3 Å². The van der Waals surface area contributed by atoms with Crippen molar-refractivity contribution in [1.82, 2.24) is 14.9 Å². The number of anilines is 4. The standard InChI is InChI=1S/C29H33F3N5O5P.C2HF3O2/c1-4-42-43(39,40)18-11-9-17(10-12-18)19-13-14-23(25-20(19)16-37(2)27(25)38)34-26-21(29(30,31)32)15-33-28(36-26)35-22-7-5-6-8-24(22)41-3;3-2(4,5)1(6)7/h5-8,13-15,17-18H,4,9-12,16H2,1-3H3,(H,39,40)(H2,33,34,35,36);(H,6,7). The number of nitrogens with zero attached hydrogens (tertiary/aromatic N) is 3. The maximum Gasteiger partial charge on any atom is 0.490 e. The van der Waals surface area contributed by atoms with Crippen molar-refractivity contribution in [2.75, 3.05) is 31.4 Å². The number of rotatable bonds is 9. The van der Waals surface area contributed by atoms with Crippen LogP contribution in [-0.4, -0.2) is 69.3 Å². The minimum Gasteiger partial charge on any atom is -0.495 e. The topological polar surface area (TPSA) is 163 Å². The van der Waals surface area contributed by atoms with Gasteiger partial charge in [-0.25, -0.2) is 9.78 Å². The predicted octanol–water partition coefficient (Wildman–Crippen LogP) is 7.46. The lowest BCUT2D eigenvalue weighted by Gasteiger charge is -2.31. The number of carboxylic acid groups (broad SMARTS) is 1. The molecule has 1 atom stereocenters. The molecule has 0 bridgehead atoms. The lowest BCUT2D eigenvalue weighted by atomic mass is 9.81. The highest BCUT2D eigenvalue weighted by Crippen LogP contribution is 2.55. The number of amides is 1. The summed E-state index contributed by atoms with van der Waals surface area (Å²) in [5.74, 6) is -3.20. The Bertz CT molecular complexity index is 1770. The third-order valence-electron chi connectivity index (χ3n) is 8.16. The van der Waals surface area contributed by atoms with E-state index < -0.39 is 43.0 Å². The average Bonchev–Trinajstić information content (AvgIpc) is 3.34. The lowest BCUT2D eigenvalue weighted by molar-refractivity contribution is -0.192. The third-order valence-corrected chi connectivity index (χ3v) is 10.2. The van der Waals surface area contributed by atoms with E-state index in [1.165, 1.54) is 12.0 Å². The summed E-state index contributed by atoms with van der Waals surface area (Å²) in [7, 11) is -0.601. The van der Waals surface area contributed by atoms with Crippen LogP contribution in [0.5, 0.6) is 5.75 Å². The molecule has 1 saturated carbocycles. The number of carbonyl (C=O) groups is 2. The number of para-hydroxylation sites is 2. The van der Waals surface area contributed by atoms with Crippen molar-refractivity contribution in [2.45, 2.75) is 63.1 Å². The minimum absolute atomic E-state index is 0.0291. The zero-order chi connectivity index (χ0) is 37.0. The molecule has 0 spiro atoms. The van der Waals surface area contributed by atoms with E-state index in [-0.39, 0.29) is 35.6 Å². The van der Waals surface area contributed by atoms with Crippen molar-refractivity contribution in [3.05, 3.63) is 64.8 Å². The highest BCUT2D eigenvalue weighted by molar-refractivity contribution is 7.53. The molecule has 1 unspecified atom stereocenters. The van der Waals surface area contributed by atoms with Crippen molar-refractivity contribution < 1.29 is 59.8 Å². The number of hydrogen-bond acceptors (Lipinski definition) is 9. The smallest absolute Gasteiger partial charge is 0.490 e. The monoisotopic (exact) mass is 733 g/mol. The number of alkyl halides is 6. The number of nitrogens with one attached hydrogen (secondary N) is 2. The van der Waals surface area contributed by atoms with Crippen LogP contribution in [0.25, 0.3) is 0 Å². The first-order valence-corrected chi connectivity index (χ1v) is 16.8. The van der Waals surface area contributed by atoms with Gasteiger partial charge >= 0.3 is 25.9 Å². The lowest BCUT2D eigenvalue weighted by Crippen LogP contribution is -2.21. The van der Waals surface area contributed by atoms with Crippen LogP contribution in [0.1, 0.15) is 65.6 Å². The second-order valence-corrected chi connectivity index (χ2v) is 13.5. The van der Waals surface area contributed by atoms with Crippen LogP contribution in [-0.2, 0) is 26.6 Å². The molecule has 0 radical (unpaired) electrons.